The van der Waals surface area contributed by atoms with Crippen LogP contribution in [-0.2, 0) is 4.84 Å². The monoisotopic (exact) mass is 352 g/mol. The van der Waals surface area contributed by atoms with Crippen LogP contribution in [0.2, 0.25) is 5.02 Å². The molecule has 0 atom stereocenters. The highest BCUT2D eigenvalue weighted by Crippen LogP contribution is 2.22. The van der Waals surface area contributed by atoms with Crippen LogP contribution in [0, 0.1) is 6.92 Å². The fourth-order valence-corrected chi connectivity index (χ4v) is 3.13. The maximum atomic E-state index is 6.17. The van der Waals surface area contributed by atoms with E-state index < -0.39 is 0 Å². The molecule has 0 bridgehead atoms. The first kappa shape index (κ1) is 16.9. The van der Waals surface area contributed by atoms with Crippen molar-refractivity contribution in [2.45, 2.75) is 26.9 Å². The average Bonchev–Trinajstić information content (AvgIpc) is 2.88. The number of thiocarbonyl (C=S) groups is 1. The number of oxime groups is 1. The highest BCUT2D eigenvalue weighted by molar-refractivity contribution is 7.81. The zero-order valence-electron chi connectivity index (χ0n) is 12.6. The zero-order valence-corrected chi connectivity index (χ0v) is 15.0. The van der Waals surface area contributed by atoms with E-state index in [4.69, 9.17) is 28.7 Å². The van der Waals surface area contributed by atoms with Crippen LogP contribution in [0.5, 0.6) is 0 Å². The lowest BCUT2D eigenvalue weighted by atomic mass is 10.2. The Kier molecular flexibility index (Phi) is 5.94. The molecule has 0 spiro atoms. The van der Waals surface area contributed by atoms with Crippen molar-refractivity contribution in [1.82, 2.24) is 0 Å². The number of rotatable bonds is 5. The van der Waals surface area contributed by atoms with Gasteiger partial charge in [-0.1, -0.05) is 29.0 Å². The van der Waals surface area contributed by atoms with Crippen LogP contribution in [0.15, 0.2) is 34.8 Å². The van der Waals surface area contributed by atoms with Gasteiger partial charge in [-0.2, -0.15) is 0 Å². The number of thiophene rings is 1. The van der Waals surface area contributed by atoms with Crippen molar-refractivity contribution in [2.75, 3.05) is 5.32 Å². The topological polar surface area (TPSA) is 33.6 Å². The number of anilines is 1. The lowest BCUT2D eigenvalue weighted by Crippen LogP contribution is -2.10. The molecular formula is C16H17ClN2OS2. The fraction of sp³-hybridized carbons (Fsp3) is 0.250. The van der Waals surface area contributed by atoms with Gasteiger partial charge in [0.15, 0.2) is 0 Å². The van der Waals surface area contributed by atoms with E-state index >= 15 is 0 Å². The molecule has 1 heterocycles. The van der Waals surface area contributed by atoms with Crippen molar-refractivity contribution >= 4 is 52.0 Å². The summed E-state index contributed by atoms with van der Waals surface area (Å²) in [5, 5.41) is 9.79. The van der Waals surface area contributed by atoms with Gasteiger partial charge in [0, 0.05) is 16.3 Å². The van der Waals surface area contributed by atoms with Gasteiger partial charge < -0.3 is 10.2 Å². The first-order chi connectivity index (χ1) is 10.5. The fourth-order valence-electron chi connectivity index (χ4n) is 1.72. The molecule has 0 fully saturated rings. The van der Waals surface area contributed by atoms with Crippen LogP contribution < -0.4 is 5.32 Å². The predicted molar refractivity (Wildman–Crippen MR) is 99.6 cm³/mol. The van der Waals surface area contributed by atoms with Crippen LogP contribution in [-0.4, -0.2) is 17.3 Å². The number of benzene rings is 1. The van der Waals surface area contributed by atoms with Crippen LogP contribution in [0.1, 0.15) is 29.9 Å². The van der Waals surface area contributed by atoms with Crippen LogP contribution >= 0.6 is 35.2 Å². The first-order valence-corrected chi connectivity index (χ1v) is 8.48. The Labute approximate surface area is 144 Å². The predicted octanol–water partition coefficient (Wildman–Crippen LogP) is 5.26. The molecule has 6 heteroatoms. The van der Waals surface area contributed by atoms with Crippen molar-refractivity contribution in [3.63, 3.8) is 0 Å². The third-order valence-electron chi connectivity index (χ3n) is 2.79. The maximum absolute atomic E-state index is 6.17. The minimum Gasteiger partial charge on any atom is -0.393 e. The zero-order chi connectivity index (χ0) is 16.1. The van der Waals surface area contributed by atoms with Gasteiger partial charge in [0.05, 0.1) is 11.1 Å². The van der Waals surface area contributed by atoms with Crippen LogP contribution in [0.3, 0.4) is 0 Å². The third kappa shape index (κ3) is 4.53. The van der Waals surface area contributed by atoms with E-state index in [-0.39, 0.29) is 6.10 Å². The van der Waals surface area contributed by atoms with E-state index in [0.717, 1.165) is 16.1 Å². The second-order valence-corrected chi connectivity index (χ2v) is 6.74. The SMILES string of the molecule is Cc1ccsc1C(=S)Nc1ccc(Cl)c(/C=N\OC(C)C)c1. The quantitative estimate of drug-likeness (QED) is 0.453. The van der Waals surface area contributed by atoms with Crippen molar-refractivity contribution < 1.29 is 4.84 Å². The van der Waals surface area contributed by atoms with E-state index in [1.807, 2.05) is 44.4 Å². The number of nitrogens with zero attached hydrogens (tertiary/aromatic N) is 1. The number of nitrogens with one attached hydrogen (secondary N) is 1. The Morgan fingerprint density at radius 2 is 2.18 bits per heavy atom. The molecule has 0 aliphatic carbocycles. The molecule has 0 aliphatic rings. The molecule has 1 aromatic carbocycles. The molecule has 0 aliphatic heterocycles. The lowest BCUT2D eigenvalue weighted by Gasteiger charge is -2.09. The summed E-state index contributed by atoms with van der Waals surface area (Å²) in [4.78, 5) is 6.94. The van der Waals surface area contributed by atoms with E-state index in [0.29, 0.717) is 10.0 Å². The minimum absolute atomic E-state index is 0.0331. The summed E-state index contributed by atoms with van der Waals surface area (Å²) in [5.74, 6) is 0. The summed E-state index contributed by atoms with van der Waals surface area (Å²) in [6.07, 6.45) is 1.64. The molecule has 0 saturated heterocycles. The molecular weight excluding hydrogens is 336 g/mol. The highest BCUT2D eigenvalue weighted by Gasteiger charge is 2.08. The molecule has 22 heavy (non-hydrogen) atoms. The summed E-state index contributed by atoms with van der Waals surface area (Å²) in [6.45, 7) is 5.88. The van der Waals surface area contributed by atoms with Crippen LogP contribution in [0.25, 0.3) is 0 Å². The van der Waals surface area contributed by atoms with Crippen molar-refractivity contribution in [3.05, 3.63) is 50.7 Å². The average molecular weight is 353 g/mol. The van der Waals surface area contributed by atoms with Gasteiger partial charge in [0.1, 0.15) is 11.1 Å². The number of hydrogen-bond donors (Lipinski definition) is 1. The number of hydrogen-bond acceptors (Lipinski definition) is 4. The van der Waals surface area contributed by atoms with E-state index in [1.54, 1.807) is 17.6 Å². The summed E-state index contributed by atoms with van der Waals surface area (Å²) in [7, 11) is 0. The van der Waals surface area contributed by atoms with Crippen molar-refractivity contribution in [1.29, 1.82) is 0 Å². The Balaban J connectivity index is 2.14. The Hall–Kier alpha value is -1.43. The highest BCUT2D eigenvalue weighted by atomic mass is 35.5. The lowest BCUT2D eigenvalue weighted by molar-refractivity contribution is 0.0874. The summed E-state index contributed by atoms with van der Waals surface area (Å²) in [6, 6.07) is 7.64. The van der Waals surface area contributed by atoms with Gasteiger partial charge in [0.25, 0.3) is 0 Å². The molecule has 1 aromatic heterocycles. The standard InChI is InChI=1S/C16H17ClN2OS2/c1-10(2)20-18-9-12-8-13(4-5-14(12)17)19-16(21)15-11(3)6-7-22-15/h4-10H,1-3H3,(H,19,21)/b18-9-. The Morgan fingerprint density at radius 3 is 2.82 bits per heavy atom. The second kappa shape index (κ2) is 7.72. The molecule has 0 unspecified atom stereocenters. The van der Waals surface area contributed by atoms with E-state index in [1.165, 1.54) is 5.56 Å². The van der Waals surface area contributed by atoms with Crippen molar-refractivity contribution in [3.8, 4) is 0 Å². The normalized spacial score (nSPS) is 11.1. The minimum atomic E-state index is 0.0331. The van der Waals surface area contributed by atoms with E-state index in [2.05, 4.69) is 16.5 Å². The summed E-state index contributed by atoms with van der Waals surface area (Å²) < 4.78 is 0. The first-order valence-electron chi connectivity index (χ1n) is 6.81. The molecule has 0 radical (unpaired) electrons. The Bertz CT molecular complexity index is 695. The molecule has 0 saturated carbocycles. The van der Waals surface area contributed by atoms with E-state index in [9.17, 15) is 0 Å². The number of halogens is 1. The molecule has 3 nitrogen and oxygen atoms in total. The third-order valence-corrected chi connectivity index (χ3v) is 4.60. The Morgan fingerprint density at radius 1 is 1.41 bits per heavy atom. The molecule has 1 N–H and O–H groups in total. The summed E-state index contributed by atoms with van der Waals surface area (Å²) in [5.41, 5.74) is 2.81. The number of aryl methyl sites for hydroxylation is 1. The van der Waals surface area contributed by atoms with Gasteiger partial charge in [-0.3, -0.25) is 0 Å². The van der Waals surface area contributed by atoms with Gasteiger partial charge in [-0.05, 0) is 56.0 Å². The summed E-state index contributed by atoms with van der Waals surface area (Å²) >= 11 is 13.2. The smallest absolute Gasteiger partial charge is 0.122 e. The molecule has 116 valence electrons. The molecule has 2 aromatic rings. The van der Waals surface area contributed by atoms with Gasteiger partial charge in [0.2, 0.25) is 0 Å². The molecule has 2 rings (SSSR count). The second-order valence-electron chi connectivity index (χ2n) is 5.01. The largest absolute Gasteiger partial charge is 0.393 e. The van der Waals surface area contributed by atoms with Gasteiger partial charge >= 0.3 is 0 Å². The van der Waals surface area contributed by atoms with Gasteiger partial charge in [-0.25, -0.2) is 0 Å². The maximum Gasteiger partial charge on any atom is 0.122 e. The molecule has 0 amide bonds. The van der Waals surface area contributed by atoms with Gasteiger partial charge in [-0.15, -0.1) is 11.3 Å². The van der Waals surface area contributed by atoms with Crippen molar-refractivity contribution in [2.24, 2.45) is 5.16 Å². The van der Waals surface area contributed by atoms with Crippen LogP contribution in [0.4, 0.5) is 5.69 Å².